The van der Waals surface area contributed by atoms with Crippen molar-refractivity contribution in [2.45, 2.75) is 25.4 Å². The topological polar surface area (TPSA) is 104 Å². The Kier molecular flexibility index (Phi) is 5.48. The third kappa shape index (κ3) is 5.40. The number of nitrogens with one attached hydrogen (secondary N) is 3. The number of sulfone groups is 1. The van der Waals surface area contributed by atoms with Crippen molar-refractivity contribution in [3.05, 3.63) is 29.3 Å². The summed E-state index contributed by atoms with van der Waals surface area (Å²) in [5.41, 5.74) is 0.565. The van der Waals surface area contributed by atoms with Crippen LogP contribution in [0.4, 0.5) is 10.5 Å². The average molecular weight is 360 g/mol. The summed E-state index contributed by atoms with van der Waals surface area (Å²) >= 11 is 5.76. The number of halogens is 1. The van der Waals surface area contributed by atoms with E-state index in [9.17, 15) is 18.0 Å². The largest absolute Gasteiger partial charge is 0.334 e. The Morgan fingerprint density at radius 2 is 1.91 bits per heavy atom. The van der Waals surface area contributed by atoms with Crippen molar-refractivity contribution < 1.29 is 18.0 Å². The van der Waals surface area contributed by atoms with Crippen LogP contribution in [0.25, 0.3) is 0 Å². The number of carbonyl (C=O) groups is 2. The van der Waals surface area contributed by atoms with E-state index in [4.69, 9.17) is 11.6 Å². The standard InChI is InChI=1S/C14H18ClN3O4S/c1-9(13(19)17-11-4-2-10(15)3-5-11)16-14(20)18-12-6-7-23(21,22)8-12/h2-5,9,12H,6-8H2,1H3,(H,17,19)(H2,16,18,20)/t9-,12?/m0/s1. The molecule has 0 aromatic heterocycles. The van der Waals surface area contributed by atoms with E-state index in [0.29, 0.717) is 17.1 Å². The molecule has 1 fully saturated rings. The molecule has 3 N–H and O–H groups in total. The fourth-order valence-corrected chi connectivity index (χ4v) is 3.98. The number of carbonyl (C=O) groups excluding carboxylic acids is 2. The third-order valence-corrected chi connectivity index (χ3v) is 5.44. The first-order valence-corrected chi connectivity index (χ1v) is 9.29. The van der Waals surface area contributed by atoms with Gasteiger partial charge in [0.2, 0.25) is 5.91 Å². The number of hydrogen-bond acceptors (Lipinski definition) is 4. The highest BCUT2D eigenvalue weighted by atomic mass is 35.5. The molecule has 2 atom stereocenters. The second kappa shape index (κ2) is 7.18. The smallest absolute Gasteiger partial charge is 0.315 e. The molecule has 23 heavy (non-hydrogen) atoms. The molecule has 0 saturated carbocycles. The molecule has 7 nitrogen and oxygen atoms in total. The van der Waals surface area contributed by atoms with Gasteiger partial charge in [-0.3, -0.25) is 4.79 Å². The fraction of sp³-hybridized carbons (Fsp3) is 0.429. The Hall–Kier alpha value is -1.80. The summed E-state index contributed by atoms with van der Waals surface area (Å²) in [5.74, 6) is -0.377. The Morgan fingerprint density at radius 1 is 1.26 bits per heavy atom. The lowest BCUT2D eigenvalue weighted by molar-refractivity contribution is -0.117. The van der Waals surface area contributed by atoms with Crippen LogP contribution in [-0.4, -0.2) is 43.9 Å². The van der Waals surface area contributed by atoms with E-state index in [0.717, 1.165) is 0 Å². The molecule has 1 heterocycles. The van der Waals surface area contributed by atoms with Crippen LogP contribution in [0.5, 0.6) is 0 Å². The van der Waals surface area contributed by atoms with Gasteiger partial charge in [0.05, 0.1) is 11.5 Å². The van der Waals surface area contributed by atoms with Gasteiger partial charge in [-0.1, -0.05) is 11.6 Å². The molecular weight excluding hydrogens is 342 g/mol. The van der Waals surface area contributed by atoms with Crippen LogP contribution in [0.15, 0.2) is 24.3 Å². The lowest BCUT2D eigenvalue weighted by Gasteiger charge is -2.17. The van der Waals surface area contributed by atoms with Crippen molar-refractivity contribution in [3.63, 3.8) is 0 Å². The summed E-state index contributed by atoms with van der Waals surface area (Å²) in [6, 6.07) is 4.83. The van der Waals surface area contributed by atoms with Crippen LogP contribution in [-0.2, 0) is 14.6 Å². The molecule has 2 rings (SSSR count). The molecule has 1 aromatic rings. The van der Waals surface area contributed by atoms with Gasteiger partial charge in [-0.2, -0.15) is 0 Å². The highest BCUT2D eigenvalue weighted by Gasteiger charge is 2.29. The normalized spacial score (nSPS) is 20.5. The predicted molar refractivity (Wildman–Crippen MR) is 88.3 cm³/mol. The lowest BCUT2D eigenvalue weighted by atomic mass is 10.2. The molecule has 0 bridgehead atoms. The van der Waals surface area contributed by atoms with Gasteiger partial charge in [0.15, 0.2) is 9.84 Å². The Labute approximate surface area is 139 Å². The Morgan fingerprint density at radius 3 is 2.48 bits per heavy atom. The summed E-state index contributed by atoms with van der Waals surface area (Å²) in [7, 11) is -3.06. The molecule has 126 valence electrons. The quantitative estimate of drug-likeness (QED) is 0.750. The van der Waals surface area contributed by atoms with Crippen molar-refractivity contribution in [1.82, 2.24) is 10.6 Å². The molecule has 0 aliphatic carbocycles. The Balaban J connectivity index is 1.81. The van der Waals surface area contributed by atoms with E-state index < -0.39 is 28.0 Å². The van der Waals surface area contributed by atoms with Crippen LogP contribution in [0.1, 0.15) is 13.3 Å². The van der Waals surface area contributed by atoms with Gasteiger partial charge in [-0.05, 0) is 37.6 Å². The zero-order valence-corrected chi connectivity index (χ0v) is 14.1. The monoisotopic (exact) mass is 359 g/mol. The van der Waals surface area contributed by atoms with E-state index in [1.807, 2.05) is 0 Å². The molecule has 0 radical (unpaired) electrons. The van der Waals surface area contributed by atoms with Crippen LogP contribution in [0.2, 0.25) is 5.02 Å². The van der Waals surface area contributed by atoms with E-state index in [1.165, 1.54) is 6.92 Å². The average Bonchev–Trinajstić information content (AvgIpc) is 2.80. The van der Waals surface area contributed by atoms with E-state index in [-0.39, 0.29) is 17.4 Å². The minimum Gasteiger partial charge on any atom is -0.334 e. The number of urea groups is 1. The highest BCUT2D eigenvalue weighted by Crippen LogP contribution is 2.13. The first-order valence-electron chi connectivity index (χ1n) is 7.09. The maximum absolute atomic E-state index is 12.0. The first-order chi connectivity index (χ1) is 10.7. The molecular formula is C14H18ClN3O4S. The molecule has 9 heteroatoms. The van der Waals surface area contributed by atoms with Gasteiger partial charge >= 0.3 is 6.03 Å². The van der Waals surface area contributed by atoms with Gasteiger partial charge in [0.1, 0.15) is 6.04 Å². The molecule has 1 saturated heterocycles. The summed E-state index contributed by atoms with van der Waals surface area (Å²) in [6.07, 6.45) is 0.390. The van der Waals surface area contributed by atoms with Gasteiger partial charge in [0, 0.05) is 16.8 Å². The summed E-state index contributed by atoms with van der Waals surface area (Å²) in [5, 5.41) is 8.25. The number of hydrogen-bond donors (Lipinski definition) is 3. The van der Waals surface area contributed by atoms with Crippen molar-refractivity contribution in [1.29, 1.82) is 0 Å². The van der Waals surface area contributed by atoms with Crippen LogP contribution in [0.3, 0.4) is 0 Å². The summed E-state index contributed by atoms with van der Waals surface area (Å²) in [6.45, 7) is 1.54. The van der Waals surface area contributed by atoms with Gasteiger partial charge in [-0.25, -0.2) is 13.2 Å². The zero-order valence-electron chi connectivity index (χ0n) is 12.5. The first kappa shape index (κ1) is 17.6. The number of anilines is 1. The SMILES string of the molecule is C[C@H](NC(=O)NC1CCS(=O)(=O)C1)C(=O)Nc1ccc(Cl)cc1. The number of benzene rings is 1. The molecule has 1 unspecified atom stereocenters. The van der Waals surface area contributed by atoms with Crippen LogP contribution < -0.4 is 16.0 Å². The maximum Gasteiger partial charge on any atom is 0.315 e. The fourth-order valence-electron chi connectivity index (χ4n) is 2.18. The molecule has 1 aromatic carbocycles. The van der Waals surface area contributed by atoms with Crippen molar-refractivity contribution in [3.8, 4) is 0 Å². The van der Waals surface area contributed by atoms with Crippen molar-refractivity contribution in [2.75, 3.05) is 16.8 Å². The molecule has 3 amide bonds. The van der Waals surface area contributed by atoms with Crippen molar-refractivity contribution >= 4 is 39.1 Å². The Bertz CT molecular complexity index is 690. The molecule has 0 spiro atoms. The molecule has 1 aliphatic rings. The van der Waals surface area contributed by atoms with Gasteiger partial charge < -0.3 is 16.0 Å². The second-order valence-electron chi connectivity index (χ2n) is 5.44. The minimum atomic E-state index is -3.06. The van der Waals surface area contributed by atoms with E-state index >= 15 is 0 Å². The van der Waals surface area contributed by atoms with Gasteiger partial charge in [0.25, 0.3) is 0 Å². The predicted octanol–water partition coefficient (Wildman–Crippen LogP) is 1.15. The number of amides is 3. The van der Waals surface area contributed by atoms with Crippen LogP contribution >= 0.6 is 11.6 Å². The summed E-state index contributed by atoms with van der Waals surface area (Å²) in [4.78, 5) is 23.8. The van der Waals surface area contributed by atoms with Crippen molar-refractivity contribution in [2.24, 2.45) is 0 Å². The van der Waals surface area contributed by atoms with E-state index in [2.05, 4.69) is 16.0 Å². The van der Waals surface area contributed by atoms with Gasteiger partial charge in [-0.15, -0.1) is 0 Å². The maximum atomic E-state index is 12.0. The summed E-state index contributed by atoms with van der Waals surface area (Å²) < 4.78 is 22.7. The highest BCUT2D eigenvalue weighted by molar-refractivity contribution is 7.91. The zero-order chi connectivity index (χ0) is 17.0. The minimum absolute atomic E-state index is 0.0637. The van der Waals surface area contributed by atoms with E-state index in [1.54, 1.807) is 24.3 Å². The van der Waals surface area contributed by atoms with Crippen LogP contribution in [0, 0.1) is 0 Å². The third-order valence-electron chi connectivity index (χ3n) is 3.42. The second-order valence-corrected chi connectivity index (χ2v) is 8.10. The number of rotatable bonds is 4. The lowest BCUT2D eigenvalue weighted by Crippen LogP contribution is -2.49. The molecule has 1 aliphatic heterocycles.